The van der Waals surface area contributed by atoms with Crippen LogP contribution in [0.2, 0.25) is 0 Å². The second-order valence-corrected chi connectivity index (χ2v) is 9.73. The number of amides is 2. The Hall–Kier alpha value is -2.88. The SMILES string of the molecule is CCCC(NC(=O)Cc1cccc(C(F)(F)F)c1)C(=O)Nc1cn(C(C)(C)CN2CCCC2)cn1. The van der Waals surface area contributed by atoms with Crippen molar-refractivity contribution in [1.29, 1.82) is 0 Å². The number of rotatable bonds is 10. The Morgan fingerprint density at radius 1 is 1.17 bits per heavy atom. The summed E-state index contributed by atoms with van der Waals surface area (Å²) in [6, 6.07) is 3.82. The van der Waals surface area contributed by atoms with Gasteiger partial charge in [0.25, 0.3) is 0 Å². The summed E-state index contributed by atoms with van der Waals surface area (Å²) in [7, 11) is 0. The second kappa shape index (κ2) is 11.2. The van der Waals surface area contributed by atoms with Gasteiger partial charge in [0.1, 0.15) is 6.04 Å². The van der Waals surface area contributed by atoms with E-state index in [1.165, 1.54) is 25.0 Å². The molecule has 1 unspecified atom stereocenters. The molecule has 2 heterocycles. The number of carbonyl (C=O) groups excluding carboxylic acids is 2. The number of benzene rings is 1. The molecular formula is C25H34F3N5O2. The first-order chi connectivity index (χ1) is 16.5. The van der Waals surface area contributed by atoms with Crippen molar-refractivity contribution in [1.82, 2.24) is 19.8 Å². The topological polar surface area (TPSA) is 79.3 Å². The Bertz CT molecular complexity index is 1010. The van der Waals surface area contributed by atoms with Crippen molar-refractivity contribution in [2.24, 2.45) is 0 Å². The zero-order valence-corrected chi connectivity index (χ0v) is 20.5. The third kappa shape index (κ3) is 7.55. The highest BCUT2D eigenvalue weighted by Gasteiger charge is 2.31. The molecule has 3 rings (SSSR count). The molecule has 2 amide bonds. The minimum absolute atomic E-state index is 0.206. The molecule has 0 spiro atoms. The molecule has 1 aliphatic rings. The summed E-state index contributed by atoms with van der Waals surface area (Å²) in [5, 5.41) is 5.42. The first-order valence-corrected chi connectivity index (χ1v) is 12.0. The van der Waals surface area contributed by atoms with E-state index in [1.54, 1.807) is 12.5 Å². The van der Waals surface area contributed by atoms with Gasteiger partial charge in [-0.05, 0) is 57.8 Å². The van der Waals surface area contributed by atoms with Gasteiger partial charge in [-0.25, -0.2) is 4.98 Å². The van der Waals surface area contributed by atoms with E-state index in [9.17, 15) is 22.8 Å². The molecule has 7 nitrogen and oxygen atoms in total. The molecule has 1 aromatic heterocycles. The van der Waals surface area contributed by atoms with Crippen LogP contribution in [0.5, 0.6) is 0 Å². The zero-order chi connectivity index (χ0) is 25.6. The van der Waals surface area contributed by atoms with E-state index in [1.807, 2.05) is 11.5 Å². The van der Waals surface area contributed by atoms with Gasteiger partial charge >= 0.3 is 6.18 Å². The minimum atomic E-state index is -4.48. The summed E-state index contributed by atoms with van der Waals surface area (Å²) in [6.07, 6.45) is 2.17. The lowest BCUT2D eigenvalue weighted by molar-refractivity contribution is -0.137. The Morgan fingerprint density at radius 2 is 1.89 bits per heavy atom. The number of anilines is 1. The highest BCUT2D eigenvalue weighted by atomic mass is 19.4. The third-order valence-electron chi connectivity index (χ3n) is 6.19. The summed E-state index contributed by atoms with van der Waals surface area (Å²) in [6.45, 7) is 9.16. The number of nitrogens with one attached hydrogen (secondary N) is 2. The molecule has 10 heteroatoms. The van der Waals surface area contributed by atoms with Crippen LogP contribution in [0.1, 0.15) is 57.6 Å². The molecule has 2 N–H and O–H groups in total. The molecule has 0 aliphatic carbocycles. The molecule has 0 radical (unpaired) electrons. The van der Waals surface area contributed by atoms with Gasteiger partial charge < -0.3 is 20.1 Å². The number of aromatic nitrogens is 2. The van der Waals surface area contributed by atoms with Gasteiger partial charge in [0.15, 0.2) is 5.82 Å². The molecule has 1 saturated heterocycles. The highest BCUT2D eigenvalue weighted by molar-refractivity contribution is 5.96. The Balaban J connectivity index is 1.60. The van der Waals surface area contributed by atoms with Crippen LogP contribution in [-0.4, -0.2) is 51.9 Å². The first-order valence-electron chi connectivity index (χ1n) is 12.0. The highest BCUT2D eigenvalue weighted by Crippen LogP contribution is 2.29. The number of likely N-dealkylation sites (tertiary alicyclic amines) is 1. The molecule has 1 atom stereocenters. The first kappa shape index (κ1) is 26.7. The van der Waals surface area contributed by atoms with E-state index in [2.05, 4.69) is 34.4 Å². The molecular weight excluding hydrogens is 459 g/mol. The van der Waals surface area contributed by atoms with E-state index >= 15 is 0 Å². The van der Waals surface area contributed by atoms with Crippen LogP contribution in [0, 0.1) is 0 Å². The van der Waals surface area contributed by atoms with Gasteiger partial charge in [-0.15, -0.1) is 0 Å². The molecule has 1 fully saturated rings. The number of alkyl halides is 3. The Kier molecular flexibility index (Phi) is 8.58. The normalized spacial score (nSPS) is 15.7. The fourth-order valence-electron chi connectivity index (χ4n) is 4.35. The van der Waals surface area contributed by atoms with Crippen molar-refractivity contribution in [3.8, 4) is 0 Å². The maximum absolute atomic E-state index is 12.9. The molecule has 192 valence electrons. The number of imidazole rings is 1. The van der Waals surface area contributed by atoms with E-state index in [4.69, 9.17) is 0 Å². The number of nitrogens with zero attached hydrogens (tertiary/aromatic N) is 3. The van der Waals surface area contributed by atoms with Gasteiger partial charge in [-0.2, -0.15) is 13.2 Å². The van der Waals surface area contributed by atoms with Crippen LogP contribution in [0.3, 0.4) is 0 Å². The summed E-state index contributed by atoms with van der Waals surface area (Å²) < 4.78 is 40.8. The number of hydrogen-bond donors (Lipinski definition) is 2. The lowest BCUT2D eigenvalue weighted by Crippen LogP contribution is -2.44. The Morgan fingerprint density at radius 3 is 2.54 bits per heavy atom. The summed E-state index contributed by atoms with van der Waals surface area (Å²) >= 11 is 0. The fourth-order valence-corrected chi connectivity index (χ4v) is 4.35. The van der Waals surface area contributed by atoms with Crippen molar-refractivity contribution < 1.29 is 22.8 Å². The van der Waals surface area contributed by atoms with Crippen molar-refractivity contribution in [3.05, 3.63) is 47.9 Å². The average molecular weight is 494 g/mol. The second-order valence-electron chi connectivity index (χ2n) is 9.73. The predicted octanol–water partition coefficient (Wildman–Crippen LogP) is 4.20. The maximum Gasteiger partial charge on any atom is 0.416 e. The zero-order valence-electron chi connectivity index (χ0n) is 20.5. The van der Waals surface area contributed by atoms with Gasteiger partial charge in [-0.3, -0.25) is 9.59 Å². The summed E-state index contributed by atoms with van der Waals surface area (Å²) in [5.74, 6) is -0.542. The fraction of sp³-hybridized carbons (Fsp3) is 0.560. The largest absolute Gasteiger partial charge is 0.416 e. The van der Waals surface area contributed by atoms with Crippen molar-refractivity contribution >= 4 is 17.6 Å². The van der Waals surface area contributed by atoms with E-state index in [0.717, 1.165) is 31.8 Å². The average Bonchev–Trinajstić information content (AvgIpc) is 3.45. The lowest BCUT2D eigenvalue weighted by Gasteiger charge is -2.31. The smallest absolute Gasteiger partial charge is 0.344 e. The van der Waals surface area contributed by atoms with E-state index in [0.29, 0.717) is 18.7 Å². The number of halogens is 3. The minimum Gasteiger partial charge on any atom is -0.344 e. The van der Waals surface area contributed by atoms with Gasteiger partial charge in [0.2, 0.25) is 11.8 Å². The predicted molar refractivity (Wildman–Crippen MR) is 128 cm³/mol. The number of carbonyl (C=O) groups is 2. The maximum atomic E-state index is 12.9. The van der Waals surface area contributed by atoms with E-state index < -0.39 is 29.6 Å². The van der Waals surface area contributed by atoms with Crippen LogP contribution in [0.25, 0.3) is 0 Å². The van der Waals surface area contributed by atoms with Crippen LogP contribution in [0.15, 0.2) is 36.8 Å². The standard InChI is InChI=1S/C25H34F3N5O2/c1-4-8-20(30-22(34)14-18-9-7-10-19(13-18)25(26,27)28)23(35)31-21-15-33(17-29-21)24(2,3)16-32-11-5-6-12-32/h7,9-10,13,15,17,20H,4-6,8,11-12,14,16H2,1-3H3,(H,30,34)(H,31,35). The van der Waals surface area contributed by atoms with Crippen molar-refractivity contribution in [2.45, 2.75) is 70.6 Å². The molecule has 0 bridgehead atoms. The molecule has 1 aliphatic heterocycles. The molecule has 0 saturated carbocycles. The van der Waals surface area contributed by atoms with E-state index in [-0.39, 0.29) is 17.5 Å². The van der Waals surface area contributed by atoms with Gasteiger partial charge in [0.05, 0.1) is 23.9 Å². The quantitative estimate of drug-likeness (QED) is 0.520. The summed E-state index contributed by atoms with van der Waals surface area (Å²) in [5.41, 5.74) is -0.789. The summed E-state index contributed by atoms with van der Waals surface area (Å²) in [4.78, 5) is 32.1. The molecule has 2 aromatic rings. The number of hydrogen-bond acceptors (Lipinski definition) is 4. The third-order valence-corrected chi connectivity index (χ3v) is 6.19. The Labute approximate surface area is 204 Å². The van der Waals surface area contributed by atoms with Crippen LogP contribution < -0.4 is 10.6 Å². The van der Waals surface area contributed by atoms with Crippen molar-refractivity contribution in [2.75, 3.05) is 25.0 Å². The molecule has 35 heavy (non-hydrogen) atoms. The molecule has 1 aromatic carbocycles. The van der Waals surface area contributed by atoms with Gasteiger partial charge in [-0.1, -0.05) is 31.5 Å². The van der Waals surface area contributed by atoms with Crippen LogP contribution in [-0.2, 0) is 27.7 Å². The monoisotopic (exact) mass is 493 g/mol. The van der Waals surface area contributed by atoms with Crippen LogP contribution in [0.4, 0.5) is 19.0 Å². The van der Waals surface area contributed by atoms with Crippen molar-refractivity contribution in [3.63, 3.8) is 0 Å². The lowest BCUT2D eigenvalue weighted by atomic mass is 10.1. The van der Waals surface area contributed by atoms with Gasteiger partial charge in [0, 0.05) is 12.7 Å². The van der Waals surface area contributed by atoms with Crippen LogP contribution >= 0.6 is 0 Å².